The molecule has 6 nitrogen and oxygen atoms in total. The first-order chi connectivity index (χ1) is 8.88. The second kappa shape index (κ2) is 9.75. The van der Waals surface area contributed by atoms with Crippen molar-refractivity contribution in [3.05, 3.63) is 0 Å². The largest absolute Gasteiger partial charge is 0.338 e. The van der Waals surface area contributed by atoms with Crippen LogP contribution in [0.4, 0.5) is 4.79 Å². The summed E-state index contributed by atoms with van der Waals surface area (Å²) >= 11 is 0. The van der Waals surface area contributed by atoms with E-state index in [0.29, 0.717) is 12.6 Å². The summed E-state index contributed by atoms with van der Waals surface area (Å²) in [7, 11) is 2.08. The SMILES string of the molecule is CCNC(=O)NC(=O)C(C)NCCCN(C)C(C)C. The van der Waals surface area contributed by atoms with Crippen molar-refractivity contribution >= 4 is 11.9 Å². The van der Waals surface area contributed by atoms with Crippen LogP contribution in [0.2, 0.25) is 0 Å². The first kappa shape index (κ1) is 17.9. The molecule has 0 aromatic rings. The summed E-state index contributed by atoms with van der Waals surface area (Å²) < 4.78 is 0. The quantitative estimate of drug-likeness (QED) is 0.564. The van der Waals surface area contributed by atoms with E-state index in [1.165, 1.54) is 0 Å². The minimum Gasteiger partial charge on any atom is -0.338 e. The monoisotopic (exact) mass is 272 g/mol. The second-order valence-electron chi connectivity index (χ2n) is 4.95. The summed E-state index contributed by atoms with van der Waals surface area (Å²) in [5.74, 6) is -0.303. The van der Waals surface area contributed by atoms with E-state index in [4.69, 9.17) is 0 Å². The molecule has 6 heteroatoms. The van der Waals surface area contributed by atoms with E-state index in [0.717, 1.165) is 19.5 Å². The van der Waals surface area contributed by atoms with E-state index in [2.05, 4.69) is 41.7 Å². The number of nitrogens with zero attached hydrogens (tertiary/aromatic N) is 1. The Morgan fingerprint density at radius 2 is 1.84 bits per heavy atom. The van der Waals surface area contributed by atoms with Gasteiger partial charge in [0.05, 0.1) is 6.04 Å². The highest BCUT2D eigenvalue weighted by molar-refractivity contribution is 5.96. The number of amides is 3. The molecule has 0 aromatic heterocycles. The molecule has 0 fully saturated rings. The van der Waals surface area contributed by atoms with Gasteiger partial charge in [-0.15, -0.1) is 0 Å². The van der Waals surface area contributed by atoms with Crippen molar-refractivity contribution in [1.82, 2.24) is 20.9 Å². The van der Waals surface area contributed by atoms with Gasteiger partial charge in [-0.1, -0.05) is 0 Å². The maximum absolute atomic E-state index is 11.6. The maximum atomic E-state index is 11.6. The Morgan fingerprint density at radius 3 is 2.37 bits per heavy atom. The van der Waals surface area contributed by atoms with Crippen LogP contribution in [0, 0.1) is 0 Å². The van der Waals surface area contributed by atoms with Gasteiger partial charge in [0, 0.05) is 12.6 Å². The summed E-state index contributed by atoms with van der Waals surface area (Å²) in [5.41, 5.74) is 0. The molecule has 112 valence electrons. The fourth-order valence-corrected chi connectivity index (χ4v) is 1.42. The van der Waals surface area contributed by atoms with Gasteiger partial charge in [0.2, 0.25) is 5.91 Å². The summed E-state index contributed by atoms with van der Waals surface area (Å²) in [6.45, 7) is 10.1. The molecule has 0 rings (SSSR count). The van der Waals surface area contributed by atoms with Crippen molar-refractivity contribution in [1.29, 1.82) is 0 Å². The predicted molar refractivity (Wildman–Crippen MR) is 77.1 cm³/mol. The minimum absolute atomic E-state index is 0.303. The summed E-state index contributed by atoms with van der Waals surface area (Å²) in [6.07, 6.45) is 0.966. The smallest absolute Gasteiger partial charge is 0.321 e. The highest BCUT2D eigenvalue weighted by atomic mass is 16.2. The molecule has 0 aliphatic carbocycles. The zero-order chi connectivity index (χ0) is 14.8. The minimum atomic E-state index is -0.444. The van der Waals surface area contributed by atoms with Crippen LogP contribution in [0.1, 0.15) is 34.1 Å². The number of carbonyl (C=O) groups is 2. The fourth-order valence-electron chi connectivity index (χ4n) is 1.42. The molecule has 0 heterocycles. The van der Waals surface area contributed by atoms with Gasteiger partial charge in [0.1, 0.15) is 0 Å². The van der Waals surface area contributed by atoms with Crippen molar-refractivity contribution in [2.45, 2.75) is 46.2 Å². The van der Waals surface area contributed by atoms with Gasteiger partial charge in [-0.25, -0.2) is 4.79 Å². The average Bonchev–Trinajstić information content (AvgIpc) is 2.33. The highest BCUT2D eigenvalue weighted by Gasteiger charge is 2.14. The number of rotatable bonds is 8. The van der Waals surface area contributed by atoms with Crippen LogP contribution < -0.4 is 16.0 Å². The third-order valence-electron chi connectivity index (χ3n) is 2.99. The lowest BCUT2D eigenvalue weighted by Crippen LogP contribution is -2.48. The van der Waals surface area contributed by atoms with Crippen LogP contribution in [0.15, 0.2) is 0 Å². The lowest BCUT2D eigenvalue weighted by atomic mass is 10.2. The molecule has 3 amide bonds. The zero-order valence-corrected chi connectivity index (χ0v) is 12.7. The number of nitrogens with one attached hydrogen (secondary N) is 3. The summed E-state index contributed by atoms with van der Waals surface area (Å²) in [5, 5.41) is 7.91. The van der Waals surface area contributed by atoms with E-state index < -0.39 is 6.03 Å². The van der Waals surface area contributed by atoms with E-state index in [1.54, 1.807) is 13.8 Å². The topological polar surface area (TPSA) is 73.5 Å². The number of urea groups is 1. The molecule has 3 N–H and O–H groups in total. The van der Waals surface area contributed by atoms with Gasteiger partial charge in [-0.3, -0.25) is 10.1 Å². The Balaban J connectivity index is 3.76. The van der Waals surface area contributed by atoms with Crippen LogP contribution in [-0.4, -0.2) is 55.6 Å². The van der Waals surface area contributed by atoms with Crippen LogP contribution in [-0.2, 0) is 4.79 Å². The molecule has 0 saturated heterocycles. The molecular weight excluding hydrogens is 244 g/mol. The molecule has 0 aliphatic heterocycles. The van der Waals surface area contributed by atoms with Crippen LogP contribution >= 0.6 is 0 Å². The third kappa shape index (κ3) is 8.56. The van der Waals surface area contributed by atoms with Gasteiger partial charge in [0.15, 0.2) is 0 Å². The normalized spacial score (nSPS) is 12.6. The molecule has 19 heavy (non-hydrogen) atoms. The number of hydrogen-bond acceptors (Lipinski definition) is 4. The lowest BCUT2D eigenvalue weighted by molar-refractivity contribution is -0.121. The molecule has 0 aromatic carbocycles. The van der Waals surface area contributed by atoms with Crippen molar-refractivity contribution < 1.29 is 9.59 Å². The second-order valence-corrected chi connectivity index (χ2v) is 4.95. The molecule has 1 atom stereocenters. The van der Waals surface area contributed by atoms with E-state index in [9.17, 15) is 9.59 Å². The van der Waals surface area contributed by atoms with Gasteiger partial charge in [0.25, 0.3) is 0 Å². The molecule has 0 bridgehead atoms. The van der Waals surface area contributed by atoms with E-state index >= 15 is 0 Å². The van der Waals surface area contributed by atoms with Gasteiger partial charge in [-0.2, -0.15) is 0 Å². The molecule has 0 radical (unpaired) electrons. The average molecular weight is 272 g/mol. The fraction of sp³-hybridized carbons (Fsp3) is 0.846. The maximum Gasteiger partial charge on any atom is 0.321 e. The van der Waals surface area contributed by atoms with Crippen LogP contribution in [0.5, 0.6) is 0 Å². The Hall–Kier alpha value is -1.14. The number of hydrogen-bond donors (Lipinski definition) is 3. The molecule has 0 saturated carbocycles. The Bertz CT molecular complexity index is 282. The summed E-state index contributed by atoms with van der Waals surface area (Å²) in [4.78, 5) is 25.0. The Labute approximate surface area is 116 Å². The van der Waals surface area contributed by atoms with Crippen molar-refractivity contribution in [2.24, 2.45) is 0 Å². The van der Waals surface area contributed by atoms with Gasteiger partial charge in [-0.05, 0) is 54.3 Å². The third-order valence-corrected chi connectivity index (χ3v) is 2.99. The molecule has 0 spiro atoms. The summed E-state index contributed by atoms with van der Waals surface area (Å²) in [6, 6.07) is -0.286. The van der Waals surface area contributed by atoms with Crippen molar-refractivity contribution in [3.63, 3.8) is 0 Å². The first-order valence-corrected chi connectivity index (χ1v) is 6.90. The standard InChI is InChI=1S/C13H28N4O2/c1-6-14-13(19)16-12(18)11(4)15-8-7-9-17(5)10(2)3/h10-11,15H,6-9H2,1-5H3,(H2,14,16,18,19). The zero-order valence-electron chi connectivity index (χ0n) is 12.7. The van der Waals surface area contributed by atoms with Crippen molar-refractivity contribution in [2.75, 3.05) is 26.7 Å². The lowest BCUT2D eigenvalue weighted by Gasteiger charge is -2.21. The number of carbonyl (C=O) groups excluding carboxylic acids is 2. The molecule has 0 aliphatic rings. The van der Waals surface area contributed by atoms with E-state index in [1.807, 2.05) is 0 Å². The predicted octanol–water partition coefficient (Wildman–Crippen LogP) is 0.541. The number of imide groups is 1. The van der Waals surface area contributed by atoms with Crippen molar-refractivity contribution in [3.8, 4) is 0 Å². The Kier molecular flexibility index (Phi) is 9.16. The van der Waals surface area contributed by atoms with E-state index in [-0.39, 0.29) is 11.9 Å². The van der Waals surface area contributed by atoms with Crippen LogP contribution in [0.3, 0.4) is 0 Å². The molecular formula is C13H28N4O2. The van der Waals surface area contributed by atoms with Crippen LogP contribution in [0.25, 0.3) is 0 Å². The Morgan fingerprint density at radius 1 is 1.21 bits per heavy atom. The van der Waals surface area contributed by atoms with Gasteiger partial charge >= 0.3 is 6.03 Å². The highest BCUT2D eigenvalue weighted by Crippen LogP contribution is 1.94. The van der Waals surface area contributed by atoms with Gasteiger partial charge < -0.3 is 15.5 Å². The molecule has 1 unspecified atom stereocenters. The first-order valence-electron chi connectivity index (χ1n) is 6.90.